The van der Waals surface area contributed by atoms with Gasteiger partial charge in [0.25, 0.3) is 0 Å². The summed E-state index contributed by atoms with van der Waals surface area (Å²) in [5.41, 5.74) is 0. The predicted molar refractivity (Wildman–Crippen MR) is 39.0 cm³/mol. The molecule has 1 aliphatic heterocycles. The zero-order chi connectivity index (χ0) is 8.82. The summed E-state index contributed by atoms with van der Waals surface area (Å²) in [5, 5.41) is 0. The Kier molecular flexibility index (Phi) is 1.55. The lowest BCUT2D eigenvalue weighted by Gasteiger charge is -2.10. The third kappa shape index (κ3) is 1.37. The zero-order valence-electron chi connectivity index (χ0n) is 5.95. The molecule has 2 unspecified atom stereocenters. The van der Waals surface area contributed by atoms with E-state index in [2.05, 4.69) is 4.52 Å². The maximum absolute atomic E-state index is 10.5. The van der Waals surface area contributed by atoms with Gasteiger partial charge in [0.1, 0.15) is 6.10 Å². The lowest BCUT2D eigenvalue weighted by Crippen LogP contribution is -2.15. The Morgan fingerprint density at radius 3 is 2.83 bits per heavy atom. The van der Waals surface area contributed by atoms with Crippen molar-refractivity contribution in [2.75, 3.05) is 0 Å². The number of phosphoric acid groups is 1. The van der Waals surface area contributed by atoms with Gasteiger partial charge in [-0.2, -0.15) is 0 Å². The fourth-order valence-electron chi connectivity index (χ4n) is 1.12. The van der Waals surface area contributed by atoms with Crippen LogP contribution in [0, 0.1) is 0 Å². The second-order valence-corrected chi connectivity index (χ2v) is 3.75. The Morgan fingerprint density at radius 2 is 2.25 bits per heavy atom. The predicted octanol–water partition coefficient (Wildman–Crippen LogP) is 0.317. The maximum Gasteiger partial charge on any atom is 0.472 e. The van der Waals surface area contributed by atoms with Gasteiger partial charge in [-0.3, -0.25) is 0 Å². The highest BCUT2D eigenvalue weighted by molar-refractivity contribution is 7.46. The van der Waals surface area contributed by atoms with Gasteiger partial charge in [-0.1, -0.05) is 12.2 Å². The SMILES string of the molecule is O=P(O)(O)OC12C=CC=CC1O2. The fourth-order valence-corrected chi connectivity index (χ4v) is 1.70. The third-order valence-corrected chi connectivity index (χ3v) is 2.16. The highest BCUT2D eigenvalue weighted by atomic mass is 31.2. The van der Waals surface area contributed by atoms with Crippen LogP contribution in [0.1, 0.15) is 0 Å². The van der Waals surface area contributed by atoms with Crippen LogP contribution < -0.4 is 0 Å². The summed E-state index contributed by atoms with van der Waals surface area (Å²) in [4.78, 5) is 17.0. The van der Waals surface area contributed by atoms with E-state index in [1.807, 2.05) is 0 Å². The smallest absolute Gasteiger partial charge is 0.330 e. The van der Waals surface area contributed by atoms with Crippen LogP contribution in [0.4, 0.5) is 0 Å². The van der Waals surface area contributed by atoms with Gasteiger partial charge >= 0.3 is 7.82 Å². The van der Waals surface area contributed by atoms with Gasteiger partial charge in [-0.15, -0.1) is 0 Å². The molecule has 0 saturated carbocycles. The van der Waals surface area contributed by atoms with E-state index in [0.717, 1.165) is 0 Å². The summed E-state index contributed by atoms with van der Waals surface area (Å²) in [5.74, 6) is -1.20. The largest absolute Gasteiger partial charge is 0.472 e. The molecule has 2 N–H and O–H groups in total. The van der Waals surface area contributed by atoms with E-state index in [1.165, 1.54) is 6.08 Å². The summed E-state index contributed by atoms with van der Waals surface area (Å²) in [6.45, 7) is 0. The molecule has 12 heavy (non-hydrogen) atoms. The van der Waals surface area contributed by atoms with Crippen LogP contribution in [0.15, 0.2) is 24.3 Å². The molecule has 1 fully saturated rings. The van der Waals surface area contributed by atoms with Crippen molar-refractivity contribution < 1.29 is 23.6 Å². The quantitative estimate of drug-likeness (QED) is 0.484. The molecule has 0 radical (unpaired) electrons. The summed E-state index contributed by atoms with van der Waals surface area (Å²) in [7, 11) is -4.47. The number of hydrogen-bond donors (Lipinski definition) is 2. The molecule has 0 aromatic carbocycles. The van der Waals surface area contributed by atoms with Crippen molar-refractivity contribution in [1.29, 1.82) is 0 Å². The third-order valence-electron chi connectivity index (χ3n) is 1.64. The highest BCUT2D eigenvalue weighted by Gasteiger charge is 2.59. The monoisotopic (exact) mass is 190 g/mol. The summed E-state index contributed by atoms with van der Waals surface area (Å²) in [6.07, 6.45) is 6.17. The number of fused-ring (bicyclic) bond motifs is 1. The Morgan fingerprint density at radius 1 is 1.50 bits per heavy atom. The van der Waals surface area contributed by atoms with E-state index in [1.54, 1.807) is 18.2 Å². The van der Waals surface area contributed by atoms with E-state index in [9.17, 15) is 4.57 Å². The van der Waals surface area contributed by atoms with E-state index in [0.29, 0.717) is 0 Å². The van der Waals surface area contributed by atoms with Gasteiger partial charge in [-0.05, 0) is 12.2 Å². The van der Waals surface area contributed by atoms with Crippen LogP contribution in [0.2, 0.25) is 0 Å². The minimum Gasteiger partial charge on any atom is -0.330 e. The van der Waals surface area contributed by atoms with Crippen LogP contribution >= 0.6 is 7.82 Å². The maximum atomic E-state index is 10.5. The van der Waals surface area contributed by atoms with Gasteiger partial charge in [0, 0.05) is 0 Å². The van der Waals surface area contributed by atoms with Crippen LogP contribution in [0.5, 0.6) is 0 Å². The number of ether oxygens (including phenoxy) is 1. The molecule has 2 atom stereocenters. The molecular formula is C6H7O5P. The minimum atomic E-state index is -4.47. The standard InChI is InChI=1S/C6H7O5P/c7-12(8,9)11-6-4-2-1-3-5(6)10-6/h1-5H,(H2,7,8,9). The Labute approximate surface area is 68.5 Å². The van der Waals surface area contributed by atoms with Crippen LogP contribution in [0.3, 0.4) is 0 Å². The Balaban J connectivity index is 2.13. The zero-order valence-corrected chi connectivity index (χ0v) is 6.85. The molecule has 2 rings (SSSR count). The molecule has 66 valence electrons. The molecule has 0 bridgehead atoms. The van der Waals surface area contributed by atoms with Crippen LogP contribution in [-0.2, 0) is 13.8 Å². The van der Waals surface area contributed by atoms with Gasteiger partial charge in [0.15, 0.2) is 0 Å². The van der Waals surface area contributed by atoms with Crippen molar-refractivity contribution in [2.45, 2.75) is 11.9 Å². The second kappa shape index (κ2) is 2.28. The summed E-state index contributed by atoms with van der Waals surface area (Å²) >= 11 is 0. The van der Waals surface area contributed by atoms with Gasteiger partial charge < -0.3 is 14.5 Å². The van der Waals surface area contributed by atoms with Crippen molar-refractivity contribution in [3.63, 3.8) is 0 Å². The first-order valence-electron chi connectivity index (χ1n) is 3.32. The van der Waals surface area contributed by atoms with Crippen molar-refractivity contribution in [1.82, 2.24) is 0 Å². The van der Waals surface area contributed by atoms with E-state index in [-0.39, 0.29) is 6.10 Å². The van der Waals surface area contributed by atoms with Gasteiger partial charge in [0.2, 0.25) is 5.79 Å². The highest BCUT2D eigenvalue weighted by Crippen LogP contribution is 2.52. The normalized spacial score (nSPS) is 38.0. The summed E-state index contributed by atoms with van der Waals surface area (Å²) < 4.78 is 19.9. The minimum absolute atomic E-state index is 0.352. The van der Waals surface area contributed by atoms with Crippen molar-refractivity contribution in [3.05, 3.63) is 24.3 Å². The number of hydrogen-bond acceptors (Lipinski definition) is 3. The summed E-state index contributed by atoms with van der Waals surface area (Å²) in [6, 6.07) is 0. The molecule has 1 heterocycles. The molecule has 0 amide bonds. The van der Waals surface area contributed by atoms with Crippen LogP contribution in [-0.4, -0.2) is 21.7 Å². The molecule has 5 nitrogen and oxygen atoms in total. The average Bonchev–Trinajstić information content (AvgIpc) is 2.56. The molecule has 1 saturated heterocycles. The van der Waals surface area contributed by atoms with E-state index >= 15 is 0 Å². The molecule has 1 aliphatic carbocycles. The van der Waals surface area contributed by atoms with Gasteiger partial charge in [-0.25, -0.2) is 9.09 Å². The first-order valence-corrected chi connectivity index (χ1v) is 4.85. The Bertz CT molecular complexity index is 303. The Hall–Kier alpha value is -0.450. The average molecular weight is 190 g/mol. The number of allylic oxidation sites excluding steroid dienone is 2. The van der Waals surface area contributed by atoms with E-state index in [4.69, 9.17) is 14.5 Å². The molecular weight excluding hydrogens is 183 g/mol. The first kappa shape index (κ1) is 8.16. The van der Waals surface area contributed by atoms with Crippen molar-refractivity contribution in [3.8, 4) is 0 Å². The van der Waals surface area contributed by atoms with Gasteiger partial charge in [0.05, 0.1) is 0 Å². The van der Waals surface area contributed by atoms with Crippen molar-refractivity contribution >= 4 is 7.82 Å². The first-order chi connectivity index (χ1) is 5.52. The molecule has 0 aromatic heterocycles. The lowest BCUT2D eigenvalue weighted by molar-refractivity contribution is 0.0683. The van der Waals surface area contributed by atoms with Crippen LogP contribution in [0.25, 0.3) is 0 Å². The number of rotatable bonds is 2. The van der Waals surface area contributed by atoms with E-state index < -0.39 is 13.6 Å². The van der Waals surface area contributed by atoms with Crippen molar-refractivity contribution in [2.24, 2.45) is 0 Å². The lowest BCUT2D eigenvalue weighted by atomic mass is 10.1. The molecule has 0 spiro atoms. The molecule has 0 aromatic rings. The fraction of sp³-hybridized carbons (Fsp3) is 0.333. The number of epoxide rings is 1. The molecule has 6 heteroatoms. The molecule has 2 aliphatic rings. The number of phosphoric ester groups is 1. The second-order valence-electron chi connectivity index (χ2n) is 2.59. The topological polar surface area (TPSA) is 79.3 Å².